The molecule has 0 amide bonds. The summed E-state index contributed by atoms with van der Waals surface area (Å²) in [4.78, 5) is 0. The number of para-hydroxylation sites is 2. The lowest BCUT2D eigenvalue weighted by Gasteiger charge is -2.13. The normalized spacial score (nSPS) is 10.5. The van der Waals surface area contributed by atoms with Gasteiger partial charge in [-0.3, -0.25) is 4.68 Å². The molecule has 0 bridgehead atoms. The first-order chi connectivity index (χ1) is 13.0. The Morgan fingerprint density at radius 1 is 1.11 bits per heavy atom. The summed E-state index contributed by atoms with van der Waals surface area (Å²) in [5, 5.41) is 12.1. The van der Waals surface area contributed by atoms with E-state index in [1.54, 1.807) is 10.9 Å². The fraction of sp³-hybridized carbons (Fsp3) is 0.158. The number of anilines is 2. The van der Waals surface area contributed by atoms with Crippen LogP contribution in [0.15, 0.2) is 54.7 Å². The van der Waals surface area contributed by atoms with Crippen LogP contribution in [-0.2, 0) is 6.54 Å². The van der Waals surface area contributed by atoms with Crippen molar-refractivity contribution in [2.45, 2.75) is 13.5 Å². The van der Waals surface area contributed by atoms with Crippen LogP contribution in [0.2, 0.25) is 10.0 Å². The second kappa shape index (κ2) is 9.08. The molecule has 27 heavy (non-hydrogen) atoms. The van der Waals surface area contributed by atoms with Crippen molar-refractivity contribution in [2.24, 2.45) is 0 Å². The van der Waals surface area contributed by atoms with E-state index in [0.717, 1.165) is 17.0 Å². The molecule has 3 aromatic rings. The Morgan fingerprint density at radius 3 is 2.59 bits per heavy atom. The molecule has 5 nitrogen and oxygen atoms in total. The number of nitrogens with one attached hydrogen (secondary N) is 2. The molecule has 0 radical (unpaired) electrons. The predicted molar refractivity (Wildman–Crippen MR) is 115 cm³/mol. The number of benzene rings is 2. The maximum Gasteiger partial charge on any atom is 0.176 e. The van der Waals surface area contributed by atoms with Crippen molar-refractivity contribution < 1.29 is 4.74 Å². The van der Waals surface area contributed by atoms with E-state index in [2.05, 4.69) is 15.7 Å². The summed E-state index contributed by atoms with van der Waals surface area (Å²) in [7, 11) is 0. The molecule has 0 aliphatic rings. The van der Waals surface area contributed by atoms with Gasteiger partial charge in [0.2, 0.25) is 0 Å². The lowest BCUT2D eigenvalue weighted by molar-refractivity contribution is 0.342. The zero-order valence-electron chi connectivity index (χ0n) is 14.6. The van der Waals surface area contributed by atoms with Crippen LogP contribution in [0.5, 0.6) is 5.75 Å². The van der Waals surface area contributed by atoms with Crippen LogP contribution in [0, 0.1) is 0 Å². The van der Waals surface area contributed by atoms with E-state index < -0.39 is 0 Å². The molecule has 1 aromatic heterocycles. The van der Waals surface area contributed by atoms with E-state index in [1.165, 1.54) is 0 Å². The largest absolute Gasteiger partial charge is 0.492 e. The Kier molecular flexibility index (Phi) is 6.55. The van der Waals surface area contributed by atoms with Crippen molar-refractivity contribution in [3.63, 3.8) is 0 Å². The zero-order chi connectivity index (χ0) is 19.2. The Balaban J connectivity index is 1.66. The van der Waals surface area contributed by atoms with Crippen LogP contribution in [0.1, 0.15) is 12.5 Å². The van der Waals surface area contributed by atoms with Gasteiger partial charge >= 0.3 is 0 Å². The van der Waals surface area contributed by atoms with Gasteiger partial charge in [0.15, 0.2) is 10.9 Å². The van der Waals surface area contributed by atoms with E-state index >= 15 is 0 Å². The number of thiocarbonyl (C=S) groups is 1. The Morgan fingerprint density at radius 2 is 1.85 bits per heavy atom. The molecule has 0 saturated heterocycles. The zero-order valence-corrected chi connectivity index (χ0v) is 16.9. The highest BCUT2D eigenvalue weighted by Crippen LogP contribution is 2.25. The van der Waals surface area contributed by atoms with Crippen LogP contribution in [0.25, 0.3) is 0 Å². The number of ether oxygens (including phenoxy) is 1. The van der Waals surface area contributed by atoms with Gasteiger partial charge in [-0.25, -0.2) is 0 Å². The van der Waals surface area contributed by atoms with E-state index in [4.69, 9.17) is 40.2 Å². The first-order valence-electron chi connectivity index (χ1n) is 8.32. The summed E-state index contributed by atoms with van der Waals surface area (Å²) in [6.07, 6.45) is 1.75. The van der Waals surface area contributed by atoms with Gasteiger partial charge in [-0.15, -0.1) is 0 Å². The lowest BCUT2D eigenvalue weighted by atomic mass is 10.2. The highest BCUT2D eigenvalue weighted by molar-refractivity contribution is 7.80. The van der Waals surface area contributed by atoms with Gasteiger partial charge in [-0.05, 0) is 49.0 Å². The number of hydrogen-bond donors (Lipinski definition) is 2. The van der Waals surface area contributed by atoms with Gasteiger partial charge in [0, 0.05) is 11.2 Å². The molecule has 0 aliphatic carbocycles. The summed E-state index contributed by atoms with van der Waals surface area (Å²) in [5.41, 5.74) is 1.84. The first-order valence-corrected chi connectivity index (χ1v) is 9.49. The van der Waals surface area contributed by atoms with Crippen molar-refractivity contribution in [2.75, 3.05) is 17.2 Å². The SMILES string of the molecule is CCOc1ccccc1NC(=S)Nc1nn(Cc2ccc(Cl)cc2)cc1Cl. The quantitative estimate of drug-likeness (QED) is 0.519. The van der Waals surface area contributed by atoms with E-state index in [1.807, 2.05) is 55.5 Å². The summed E-state index contributed by atoms with van der Waals surface area (Å²) in [6, 6.07) is 15.2. The molecule has 0 fully saturated rings. The highest BCUT2D eigenvalue weighted by atomic mass is 35.5. The smallest absolute Gasteiger partial charge is 0.176 e. The fourth-order valence-electron chi connectivity index (χ4n) is 2.45. The Labute approximate surface area is 173 Å². The maximum atomic E-state index is 6.29. The van der Waals surface area contributed by atoms with Crippen molar-refractivity contribution in [1.29, 1.82) is 0 Å². The first kappa shape index (κ1) is 19.5. The fourth-order valence-corrected chi connectivity index (χ4v) is 2.98. The van der Waals surface area contributed by atoms with Gasteiger partial charge in [0.05, 0.1) is 18.8 Å². The number of rotatable bonds is 6. The topological polar surface area (TPSA) is 51.1 Å². The molecule has 1 heterocycles. The molecule has 140 valence electrons. The lowest BCUT2D eigenvalue weighted by Crippen LogP contribution is -2.20. The molecule has 0 unspecified atom stereocenters. The molecule has 0 spiro atoms. The second-order valence-corrected chi connectivity index (χ2v) is 6.91. The van der Waals surface area contributed by atoms with Crippen molar-refractivity contribution >= 4 is 52.0 Å². The molecule has 2 N–H and O–H groups in total. The number of aromatic nitrogens is 2. The third kappa shape index (κ3) is 5.35. The monoisotopic (exact) mass is 420 g/mol. The minimum Gasteiger partial charge on any atom is -0.492 e. The van der Waals surface area contributed by atoms with Crippen molar-refractivity contribution in [1.82, 2.24) is 9.78 Å². The average molecular weight is 421 g/mol. The number of nitrogens with zero attached hydrogens (tertiary/aromatic N) is 2. The molecule has 0 atom stereocenters. The number of halogens is 2. The molecule has 0 aliphatic heterocycles. The van der Waals surface area contributed by atoms with Gasteiger partial charge in [0.25, 0.3) is 0 Å². The van der Waals surface area contributed by atoms with Gasteiger partial charge in [-0.2, -0.15) is 5.10 Å². The van der Waals surface area contributed by atoms with Gasteiger partial charge < -0.3 is 15.4 Å². The van der Waals surface area contributed by atoms with Gasteiger partial charge in [-0.1, -0.05) is 47.5 Å². The third-order valence-electron chi connectivity index (χ3n) is 3.64. The minimum atomic E-state index is 0.376. The molecule has 8 heteroatoms. The standard InChI is InChI=1S/C19H18Cl2N4OS/c1-2-26-17-6-4-3-5-16(17)22-19(27)23-18-15(21)12-25(24-18)11-13-7-9-14(20)10-8-13/h3-10,12H,2,11H2,1H3,(H2,22,23,24,27). The Bertz CT molecular complexity index is 928. The van der Waals surface area contributed by atoms with Crippen LogP contribution in [0.3, 0.4) is 0 Å². The summed E-state index contributed by atoms with van der Waals surface area (Å²) < 4.78 is 7.33. The van der Waals surface area contributed by atoms with Crippen LogP contribution >= 0.6 is 35.4 Å². The highest BCUT2D eigenvalue weighted by Gasteiger charge is 2.11. The van der Waals surface area contributed by atoms with Crippen LogP contribution in [0.4, 0.5) is 11.5 Å². The molecular weight excluding hydrogens is 403 g/mol. The van der Waals surface area contributed by atoms with Crippen LogP contribution in [-0.4, -0.2) is 21.5 Å². The van der Waals surface area contributed by atoms with Gasteiger partial charge in [0.1, 0.15) is 10.8 Å². The molecular formula is C19H18Cl2N4OS. The van der Waals surface area contributed by atoms with Crippen LogP contribution < -0.4 is 15.4 Å². The minimum absolute atomic E-state index is 0.376. The van der Waals surface area contributed by atoms with E-state index in [-0.39, 0.29) is 0 Å². The molecule has 0 saturated carbocycles. The summed E-state index contributed by atoms with van der Waals surface area (Å²) in [5.74, 6) is 1.21. The number of hydrogen-bond acceptors (Lipinski definition) is 3. The van der Waals surface area contributed by atoms with Crippen molar-refractivity contribution in [3.8, 4) is 5.75 Å². The van der Waals surface area contributed by atoms with E-state index in [0.29, 0.717) is 34.1 Å². The summed E-state index contributed by atoms with van der Waals surface area (Å²) >= 11 is 17.6. The predicted octanol–water partition coefficient (Wildman–Crippen LogP) is 5.45. The molecule has 2 aromatic carbocycles. The summed E-state index contributed by atoms with van der Waals surface area (Å²) in [6.45, 7) is 3.08. The molecule has 3 rings (SSSR count). The Hall–Kier alpha value is -2.28. The third-order valence-corrected chi connectivity index (χ3v) is 4.37. The maximum absolute atomic E-state index is 6.29. The van der Waals surface area contributed by atoms with E-state index in [9.17, 15) is 0 Å². The van der Waals surface area contributed by atoms with Crippen molar-refractivity contribution in [3.05, 3.63) is 70.3 Å². The second-order valence-electron chi connectivity index (χ2n) is 5.66. The average Bonchev–Trinajstić information content (AvgIpc) is 2.98.